The SMILES string of the molecule is COC(=O)c1csc(CN(C(=O)c2ccc(Cl)c([N+](=O)[O-])c2)C(C)(C)C)n1. The Morgan fingerprint density at radius 3 is 2.59 bits per heavy atom. The quantitative estimate of drug-likeness (QED) is 0.419. The van der Waals surface area contributed by atoms with E-state index in [2.05, 4.69) is 9.72 Å². The van der Waals surface area contributed by atoms with Crippen LogP contribution >= 0.6 is 22.9 Å². The maximum Gasteiger partial charge on any atom is 0.357 e. The lowest BCUT2D eigenvalue weighted by molar-refractivity contribution is -0.384. The predicted octanol–water partition coefficient (Wildman–Crippen LogP) is 3.93. The number of carbonyl (C=O) groups is 2. The number of thiazole rings is 1. The van der Waals surface area contributed by atoms with Crippen LogP contribution in [-0.4, -0.2) is 39.3 Å². The van der Waals surface area contributed by atoms with Gasteiger partial charge in [0.05, 0.1) is 18.6 Å². The number of methoxy groups -OCH3 is 1. The lowest BCUT2D eigenvalue weighted by Crippen LogP contribution is -2.45. The third kappa shape index (κ3) is 4.81. The number of aromatic nitrogens is 1. The highest BCUT2D eigenvalue weighted by Crippen LogP contribution is 2.28. The molecule has 27 heavy (non-hydrogen) atoms. The number of carbonyl (C=O) groups excluding carboxylic acids is 2. The van der Waals surface area contributed by atoms with Gasteiger partial charge in [-0.15, -0.1) is 11.3 Å². The Hall–Kier alpha value is -2.52. The van der Waals surface area contributed by atoms with Crippen LogP contribution in [0.1, 0.15) is 46.6 Å². The Labute approximate surface area is 164 Å². The zero-order chi connectivity index (χ0) is 20.4. The highest BCUT2D eigenvalue weighted by atomic mass is 35.5. The Balaban J connectivity index is 2.35. The van der Waals surface area contributed by atoms with E-state index < -0.39 is 22.3 Å². The Morgan fingerprint density at radius 1 is 1.37 bits per heavy atom. The Bertz CT molecular complexity index is 891. The molecule has 0 saturated carbocycles. The van der Waals surface area contributed by atoms with Gasteiger partial charge in [-0.3, -0.25) is 14.9 Å². The van der Waals surface area contributed by atoms with E-state index in [9.17, 15) is 19.7 Å². The molecule has 0 fully saturated rings. The molecule has 0 aliphatic carbocycles. The Kier molecular flexibility index (Phi) is 6.17. The second-order valence-electron chi connectivity index (χ2n) is 6.60. The molecular formula is C17H18ClN3O5S. The van der Waals surface area contributed by atoms with Gasteiger partial charge >= 0.3 is 5.97 Å². The largest absolute Gasteiger partial charge is 0.464 e. The smallest absolute Gasteiger partial charge is 0.357 e. The van der Waals surface area contributed by atoms with Crippen LogP contribution < -0.4 is 0 Å². The molecule has 8 nitrogen and oxygen atoms in total. The van der Waals surface area contributed by atoms with Crippen molar-refractivity contribution < 1.29 is 19.2 Å². The summed E-state index contributed by atoms with van der Waals surface area (Å²) in [4.78, 5) is 40.8. The van der Waals surface area contributed by atoms with E-state index in [1.54, 1.807) is 5.38 Å². The molecule has 144 valence electrons. The number of nitro groups is 1. The van der Waals surface area contributed by atoms with Gasteiger partial charge in [0.25, 0.3) is 11.6 Å². The van der Waals surface area contributed by atoms with Gasteiger partial charge in [-0.25, -0.2) is 9.78 Å². The number of esters is 1. The second-order valence-corrected chi connectivity index (χ2v) is 7.95. The van der Waals surface area contributed by atoms with Crippen LogP contribution in [0.5, 0.6) is 0 Å². The zero-order valence-electron chi connectivity index (χ0n) is 15.2. The summed E-state index contributed by atoms with van der Waals surface area (Å²) < 4.78 is 4.63. The lowest BCUT2D eigenvalue weighted by atomic mass is 10.0. The normalized spacial score (nSPS) is 11.1. The first kappa shape index (κ1) is 20.8. The third-order valence-corrected chi connectivity index (χ3v) is 4.84. The summed E-state index contributed by atoms with van der Waals surface area (Å²) in [5, 5.41) is 13.2. The molecule has 0 bridgehead atoms. The van der Waals surface area contributed by atoms with Crippen LogP contribution in [0.3, 0.4) is 0 Å². The maximum absolute atomic E-state index is 13.0. The fourth-order valence-corrected chi connectivity index (χ4v) is 3.21. The van der Waals surface area contributed by atoms with Gasteiger partial charge in [-0.1, -0.05) is 11.6 Å². The van der Waals surface area contributed by atoms with E-state index in [1.165, 1.54) is 35.5 Å². The molecule has 0 saturated heterocycles. The summed E-state index contributed by atoms with van der Waals surface area (Å²) in [6.45, 7) is 5.65. The van der Waals surface area contributed by atoms with Crippen LogP contribution in [0, 0.1) is 10.1 Å². The maximum atomic E-state index is 13.0. The van der Waals surface area contributed by atoms with E-state index in [1.807, 2.05) is 20.8 Å². The Morgan fingerprint density at radius 2 is 2.04 bits per heavy atom. The minimum atomic E-state index is -0.635. The van der Waals surface area contributed by atoms with Gasteiger partial charge < -0.3 is 9.64 Å². The van der Waals surface area contributed by atoms with Crippen molar-refractivity contribution >= 4 is 40.5 Å². The number of rotatable bonds is 5. The van der Waals surface area contributed by atoms with Gasteiger partial charge in [0.15, 0.2) is 5.69 Å². The monoisotopic (exact) mass is 411 g/mol. The van der Waals surface area contributed by atoms with Crippen molar-refractivity contribution in [1.82, 2.24) is 9.88 Å². The molecule has 1 amide bonds. The minimum absolute atomic E-state index is 0.0403. The van der Waals surface area contributed by atoms with Gasteiger partial charge in [0.2, 0.25) is 0 Å². The second kappa shape index (κ2) is 8.01. The van der Waals surface area contributed by atoms with Crippen LogP contribution in [0.15, 0.2) is 23.6 Å². The van der Waals surface area contributed by atoms with Crippen molar-refractivity contribution in [2.45, 2.75) is 32.9 Å². The first-order valence-corrected chi connectivity index (χ1v) is 9.09. The summed E-state index contributed by atoms with van der Waals surface area (Å²) in [6, 6.07) is 3.93. The molecule has 2 aromatic rings. The fourth-order valence-electron chi connectivity index (χ4n) is 2.27. The topological polar surface area (TPSA) is 103 Å². The van der Waals surface area contributed by atoms with Gasteiger partial charge in [0.1, 0.15) is 10.0 Å². The number of benzene rings is 1. The molecule has 1 aromatic heterocycles. The molecule has 0 N–H and O–H groups in total. The molecule has 0 atom stereocenters. The number of hydrogen-bond donors (Lipinski definition) is 0. The first-order chi connectivity index (χ1) is 12.5. The number of amides is 1. The van der Waals surface area contributed by atoms with Gasteiger partial charge in [-0.05, 0) is 32.9 Å². The average molecular weight is 412 g/mol. The average Bonchev–Trinajstić information content (AvgIpc) is 3.06. The van der Waals surface area contributed by atoms with Crippen LogP contribution in [0.2, 0.25) is 5.02 Å². The highest BCUT2D eigenvalue weighted by molar-refractivity contribution is 7.09. The van der Waals surface area contributed by atoms with Crippen molar-refractivity contribution in [2.24, 2.45) is 0 Å². The molecule has 1 heterocycles. The van der Waals surface area contributed by atoms with E-state index in [0.717, 1.165) is 6.07 Å². The molecule has 1 aromatic carbocycles. The number of nitro benzene ring substituents is 1. The van der Waals surface area contributed by atoms with Crippen molar-refractivity contribution in [3.05, 3.63) is 55.0 Å². The molecule has 0 aliphatic heterocycles. The van der Waals surface area contributed by atoms with E-state index in [4.69, 9.17) is 11.6 Å². The van der Waals surface area contributed by atoms with Crippen molar-refractivity contribution in [2.75, 3.05) is 7.11 Å². The third-order valence-electron chi connectivity index (χ3n) is 3.68. The van der Waals surface area contributed by atoms with Crippen LogP contribution in [0.25, 0.3) is 0 Å². The van der Waals surface area contributed by atoms with Crippen molar-refractivity contribution in [3.63, 3.8) is 0 Å². The molecule has 2 rings (SSSR count). The summed E-state index contributed by atoms with van der Waals surface area (Å²) >= 11 is 7.05. The zero-order valence-corrected chi connectivity index (χ0v) is 16.8. The lowest BCUT2D eigenvalue weighted by Gasteiger charge is -2.35. The van der Waals surface area contributed by atoms with Crippen molar-refractivity contribution in [1.29, 1.82) is 0 Å². The first-order valence-electron chi connectivity index (χ1n) is 7.83. The summed E-state index contributed by atoms with van der Waals surface area (Å²) in [5.41, 5.74) is -0.618. The molecule has 0 radical (unpaired) electrons. The van der Waals surface area contributed by atoms with Gasteiger partial charge in [0, 0.05) is 22.5 Å². The molecule has 0 spiro atoms. The van der Waals surface area contributed by atoms with Gasteiger partial charge in [-0.2, -0.15) is 0 Å². The number of halogens is 1. The van der Waals surface area contributed by atoms with E-state index in [0.29, 0.717) is 5.01 Å². The molecule has 10 heteroatoms. The van der Waals surface area contributed by atoms with Crippen LogP contribution in [0.4, 0.5) is 5.69 Å². The molecular weight excluding hydrogens is 394 g/mol. The summed E-state index contributed by atoms with van der Waals surface area (Å²) in [7, 11) is 1.26. The number of hydrogen-bond acceptors (Lipinski definition) is 7. The van der Waals surface area contributed by atoms with Crippen LogP contribution in [-0.2, 0) is 11.3 Å². The van der Waals surface area contributed by atoms with E-state index >= 15 is 0 Å². The van der Waals surface area contributed by atoms with Crippen molar-refractivity contribution in [3.8, 4) is 0 Å². The summed E-state index contributed by atoms with van der Waals surface area (Å²) in [6.07, 6.45) is 0. The number of nitrogens with zero attached hydrogens (tertiary/aromatic N) is 3. The standard InChI is InChI=1S/C17H18ClN3O5S/c1-17(2,3)20(8-14-19-12(9-27-14)16(23)26-4)15(22)10-5-6-11(18)13(7-10)21(24)25/h5-7,9H,8H2,1-4H3. The molecule has 0 unspecified atom stereocenters. The highest BCUT2D eigenvalue weighted by Gasteiger charge is 2.30. The summed E-state index contributed by atoms with van der Waals surface area (Å²) in [5.74, 6) is -0.962. The predicted molar refractivity (Wildman–Crippen MR) is 101 cm³/mol. The minimum Gasteiger partial charge on any atom is -0.464 e. The van der Waals surface area contributed by atoms with E-state index in [-0.39, 0.29) is 28.5 Å². The fraction of sp³-hybridized carbons (Fsp3) is 0.353. The molecule has 0 aliphatic rings. The number of ether oxygens (including phenoxy) is 1.